The van der Waals surface area contributed by atoms with Gasteiger partial charge in [-0.15, -0.1) is 0 Å². The van der Waals surface area contributed by atoms with Gasteiger partial charge in [0.25, 0.3) is 0 Å². The van der Waals surface area contributed by atoms with Gasteiger partial charge >= 0.3 is 0 Å². The van der Waals surface area contributed by atoms with E-state index in [0.717, 1.165) is 25.7 Å². The lowest BCUT2D eigenvalue weighted by Crippen LogP contribution is -2.16. The summed E-state index contributed by atoms with van der Waals surface area (Å²) in [5, 5.41) is 0. The molecule has 0 aromatic carbocycles. The van der Waals surface area contributed by atoms with E-state index in [0.29, 0.717) is 6.42 Å². The molecule has 0 heterocycles. The monoisotopic (exact) mass is 175 g/mol. The number of hydrogen-bond acceptors (Lipinski definition) is 1. The van der Waals surface area contributed by atoms with Gasteiger partial charge in [0.15, 0.2) is 0 Å². The summed E-state index contributed by atoms with van der Waals surface area (Å²) in [6.07, 6.45) is 3.53. The smallest absolute Gasteiger partial charge is 0.220 e. The second-order valence-electron chi connectivity index (χ2n) is 3.12. The number of alkyl halides is 1. The maximum absolute atomic E-state index is 12.8. The number of hydrogen-bond donors (Lipinski definition) is 1. The molecule has 72 valence electrons. The van der Waals surface area contributed by atoms with Gasteiger partial charge in [-0.3, -0.25) is 4.79 Å². The minimum Gasteiger partial charge on any atom is -0.370 e. The molecular formula is C9H18FNO. The normalized spacial score (nSPS) is 12.8. The molecule has 1 amide bonds. The molecule has 0 saturated heterocycles. The second kappa shape index (κ2) is 7.07. The molecule has 0 rings (SSSR count). The highest BCUT2D eigenvalue weighted by Crippen LogP contribution is 2.10. The lowest BCUT2D eigenvalue weighted by Gasteiger charge is -2.04. The Morgan fingerprint density at radius 2 is 2.08 bits per heavy atom. The van der Waals surface area contributed by atoms with E-state index in [1.54, 1.807) is 0 Å². The number of amides is 1. The highest BCUT2D eigenvalue weighted by atomic mass is 19.1. The van der Waals surface area contributed by atoms with Gasteiger partial charge in [-0.25, -0.2) is 4.39 Å². The van der Waals surface area contributed by atoms with Gasteiger partial charge in [-0.05, 0) is 6.42 Å². The van der Waals surface area contributed by atoms with Crippen LogP contribution in [0.1, 0.15) is 45.4 Å². The van der Waals surface area contributed by atoms with Crippen LogP contribution in [0.4, 0.5) is 4.39 Å². The van der Waals surface area contributed by atoms with Crippen LogP contribution in [0.2, 0.25) is 0 Å². The molecule has 3 heteroatoms. The summed E-state index contributed by atoms with van der Waals surface area (Å²) in [7, 11) is 0. The van der Waals surface area contributed by atoms with E-state index >= 15 is 0 Å². The largest absolute Gasteiger partial charge is 0.370 e. The third-order valence-corrected chi connectivity index (χ3v) is 1.79. The van der Waals surface area contributed by atoms with Crippen molar-refractivity contribution in [3.63, 3.8) is 0 Å². The zero-order valence-corrected chi connectivity index (χ0v) is 7.68. The van der Waals surface area contributed by atoms with E-state index in [9.17, 15) is 9.18 Å². The molecule has 2 N–H and O–H groups in total. The van der Waals surface area contributed by atoms with Crippen LogP contribution in [-0.4, -0.2) is 12.1 Å². The minimum absolute atomic E-state index is 0.119. The molecule has 1 unspecified atom stereocenters. The van der Waals surface area contributed by atoms with Gasteiger partial charge in [0.2, 0.25) is 5.91 Å². The van der Waals surface area contributed by atoms with Crippen molar-refractivity contribution in [3.05, 3.63) is 0 Å². The highest BCUT2D eigenvalue weighted by molar-refractivity contribution is 5.74. The number of nitrogens with two attached hydrogens (primary N) is 1. The predicted octanol–water partition coefficient (Wildman–Crippen LogP) is 2.17. The highest BCUT2D eigenvalue weighted by Gasteiger charge is 2.08. The fraction of sp³-hybridized carbons (Fsp3) is 0.889. The van der Waals surface area contributed by atoms with E-state index in [1.807, 2.05) is 0 Å². The summed E-state index contributed by atoms with van der Waals surface area (Å²) in [4.78, 5) is 10.3. The topological polar surface area (TPSA) is 43.1 Å². The van der Waals surface area contributed by atoms with E-state index < -0.39 is 12.1 Å². The van der Waals surface area contributed by atoms with Crippen molar-refractivity contribution < 1.29 is 9.18 Å². The Hall–Kier alpha value is -0.600. The maximum atomic E-state index is 12.8. The summed E-state index contributed by atoms with van der Waals surface area (Å²) in [6, 6.07) is 0. The number of halogens is 1. The quantitative estimate of drug-likeness (QED) is 0.592. The lowest BCUT2D eigenvalue weighted by molar-refractivity contribution is -0.119. The summed E-state index contributed by atoms with van der Waals surface area (Å²) in [5.74, 6) is -0.544. The van der Waals surface area contributed by atoms with Crippen molar-refractivity contribution in [3.8, 4) is 0 Å². The predicted molar refractivity (Wildman–Crippen MR) is 47.5 cm³/mol. The molecule has 1 atom stereocenters. The van der Waals surface area contributed by atoms with Crippen LogP contribution in [0.5, 0.6) is 0 Å². The van der Waals surface area contributed by atoms with Crippen LogP contribution >= 0.6 is 0 Å². The Morgan fingerprint density at radius 3 is 2.58 bits per heavy atom. The van der Waals surface area contributed by atoms with Crippen LogP contribution in [0.3, 0.4) is 0 Å². The molecule has 0 aliphatic heterocycles. The van der Waals surface area contributed by atoms with Gasteiger partial charge < -0.3 is 5.73 Å². The molecule has 2 nitrogen and oxygen atoms in total. The van der Waals surface area contributed by atoms with E-state index in [4.69, 9.17) is 5.73 Å². The molecule has 0 aliphatic carbocycles. The molecule has 0 radical (unpaired) electrons. The first-order valence-electron chi connectivity index (χ1n) is 4.59. The zero-order chi connectivity index (χ0) is 9.40. The second-order valence-corrected chi connectivity index (χ2v) is 3.12. The number of carbonyl (C=O) groups excluding carboxylic acids is 1. The Balaban J connectivity index is 3.19. The van der Waals surface area contributed by atoms with E-state index in [-0.39, 0.29) is 6.42 Å². The molecule has 0 aromatic heterocycles. The standard InChI is InChI=1S/C9H18FNO/c1-2-3-4-5-6-8(10)7-9(11)12/h8H,2-7H2,1H3,(H2,11,12). The molecule has 0 bridgehead atoms. The Labute approximate surface area is 73.3 Å². The van der Waals surface area contributed by atoms with E-state index in [1.165, 1.54) is 0 Å². The summed E-state index contributed by atoms with van der Waals surface area (Å²) >= 11 is 0. The first-order valence-corrected chi connectivity index (χ1v) is 4.59. The van der Waals surface area contributed by atoms with Crippen molar-refractivity contribution in [2.45, 2.75) is 51.6 Å². The van der Waals surface area contributed by atoms with Crippen LogP contribution in [0.25, 0.3) is 0 Å². The Kier molecular flexibility index (Phi) is 6.72. The number of rotatable bonds is 7. The summed E-state index contributed by atoms with van der Waals surface area (Å²) in [6.45, 7) is 2.11. The SMILES string of the molecule is CCCCCCC(F)CC(N)=O. The summed E-state index contributed by atoms with van der Waals surface area (Å²) < 4.78 is 12.8. The van der Waals surface area contributed by atoms with Crippen LogP contribution in [0, 0.1) is 0 Å². The van der Waals surface area contributed by atoms with Crippen molar-refractivity contribution in [2.75, 3.05) is 0 Å². The minimum atomic E-state index is -1.03. The average molecular weight is 175 g/mol. The van der Waals surface area contributed by atoms with Gasteiger partial charge in [0, 0.05) is 0 Å². The van der Waals surface area contributed by atoms with Gasteiger partial charge in [0.05, 0.1) is 6.42 Å². The summed E-state index contributed by atoms with van der Waals surface area (Å²) in [5.41, 5.74) is 4.84. The zero-order valence-electron chi connectivity index (χ0n) is 7.68. The van der Waals surface area contributed by atoms with Crippen molar-refractivity contribution in [1.29, 1.82) is 0 Å². The average Bonchev–Trinajstić information content (AvgIpc) is 1.97. The third kappa shape index (κ3) is 7.51. The van der Waals surface area contributed by atoms with Gasteiger partial charge in [0.1, 0.15) is 6.17 Å². The van der Waals surface area contributed by atoms with Crippen molar-refractivity contribution in [1.82, 2.24) is 0 Å². The maximum Gasteiger partial charge on any atom is 0.220 e. The van der Waals surface area contributed by atoms with Crippen LogP contribution in [-0.2, 0) is 4.79 Å². The molecule has 0 saturated carbocycles. The molecule has 0 fully saturated rings. The number of unbranched alkanes of at least 4 members (excludes halogenated alkanes) is 3. The lowest BCUT2D eigenvalue weighted by atomic mass is 10.1. The van der Waals surface area contributed by atoms with Crippen molar-refractivity contribution in [2.24, 2.45) is 5.73 Å². The molecule has 0 spiro atoms. The van der Waals surface area contributed by atoms with Gasteiger partial charge in [-0.1, -0.05) is 32.6 Å². The van der Waals surface area contributed by atoms with Gasteiger partial charge in [-0.2, -0.15) is 0 Å². The fourth-order valence-electron chi connectivity index (χ4n) is 1.11. The third-order valence-electron chi connectivity index (χ3n) is 1.79. The number of primary amides is 1. The Morgan fingerprint density at radius 1 is 1.42 bits per heavy atom. The fourth-order valence-corrected chi connectivity index (χ4v) is 1.11. The van der Waals surface area contributed by atoms with Crippen molar-refractivity contribution >= 4 is 5.91 Å². The molecule has 0 aromatic rings. The molecule has 12 heavy (non-hydrogen) atoms. The Bertz CT molecular complexity index is 128. The molecular weight excluding hydrogens is 157 g/mol. The van der Waals surface area contributed by atoms with E-state index in [2.05, 4.69) is 6.92 Å². The van der Waals surface area contributed by atoms with Crippen LogP contribution < -0.4 is 5.73 Å². The molecule has 0 aliphatic rings. The number of carbonyl (C=O) groups is 1. The first kappa shape index (κ1) is 11.4. The first-order chi connectivity index (χ1) is 5.66. The van der Waals surface area contributed by atoms with Crippen LogP contribution in [0.15, 0.2) is 0 Å².